The van der Waals surface area contributed by atoms with Crippen LogP contribution in [-0.2, 0) is 9.53 Å². The number of carbonyl (C=O) groups excluding carboxylic acids is 2. The lowest BCUT2D eigenvalue weighted by molar-refractivity contribution is -0.130. The van der Waals surface area contributed by atoms with Crippen molar-refractivity contribution in [1.29, 1.82) is 0 Å². The summed E-state index contributed by atoms with van der Waals surface area (Å²) in [4.78, 5) is 44.4. The summed E-state index contributed by atoms with van der Waals surface area (Å²) in [6, 6.07) is 1.37. The summed E-state index contributed by atoms with van der Waals surface area (Å²) in [7, 11) is 0. The molecule has 4 atom stereocenters. The molecule has 8 nitrogen and oxygen atoms in total. The molecule has 2 amide bonds. The highest BCUT2D eigenvalue weighted by atomic mass is 16.5. The first-order valence-electron chi connectivity index (χ1n) is 8.32. The van der Waals surface area contributed by atoms with E-state index in [9.17, 15) is 14.4 Å². The Hall–Kier alpha value is -2.22. The molecule has 128 valence electrons. The van der Waals surface area contributed by atoms with Crippen molar-refractivity contribution in [1.82, 2.24) is 20.2 Å². The van der Waals surface area contributed by atoms with Crippen molar-refractivity contribution < 1.29 is 14.3 Å². The third-order valence-corrected chi connectivity index (χ3v) is 5.09. The summed E-state index contributed by atoms with van der Waals surface area (Å²) >= 11 is 0. The minimum Gasteiger partial charge on any atom is -0.368 e. The Balaban J connectivity index is 1.34. The number of likely N-dealkylation sites (tertiary alicyclic amines) is 1. The van der Waals surface area contributed by atoms with Crippen LogP contribution >= 0.6 is 0 Å². The molecule has 1 saturated carbocycles. The number of nitrogens with one attached hydrogen (secondary N) is 2. The monoisotopic (exact) mass is 332 g/mol. The Labute approximate surface area is 138 Å². The lowest BCUT2D eigenvalue weighted by Crippen LogP contribution is -2.41. The Morgan fingerprint density at radius 1 is 1.38 bits per heavy atom. The van der Waals surface area contributed by atoms with E-state index in [0.29, 0.717) is 37.4 Å². The number of carbonyl (C=O) groups is 2. The first-order valence-corrected chi connectivity index (χ1v) is 8.32. The number of rotatable bonds is 3. The van der Waals surface area contributed by atoms with Crippen LogP contribution in [0, 0.1) is 18.8 Å². The van der Waals surface area contributed by atoms with E-state index in [1.54, 1.807) is 11.8 Å². The molecule has 3 heterocycles. The van der Waals surface area contributed by atoms with E-state index in [1.807, 2.05) is 0 Å². The second kappa shape index (κ2) is 5.70. The summed E-state index contributed by atoms with van der Waals surface area (Å²) in [5.41, 5.74) is -0.144. The van der Waals surface area contributed by atoms with Gasteiger partial charge in [-0.15, -0.1) is 0 Å². The van der Waals surface area contributed by atoms with Gasteiger partial charge in [-0.05, 0) is 19.8 Å². The zero-order valence-electron chi connectivity index (χ0n) is 13.4. The zero-order valence-corrected chi connectivity index (χ0v) is 13.4. The van der Waals surface area contributed by atoms with Gasteiger partial charge in [0, 0.05) is 43.6 Å². The van der Waals surface area contributed by atoms with Gasteiger partial charge in [0.25, 0.3) is 11.5 Å². The molecule has 24 heavy (non-hydrogen) atoms. The van der Waals surface area contributed by atoms with Crippen molar-refractivity contribution in [3.63, 3.8) is 0 Å². The Morgan fingerprint density at radius 2 is 2.12 bits per heavy atom. The molecule has 2 aliphatic heterocycles. The predicted molar refractivity (Wildman–Crippen MR) is 83.4 cm³/mol. The van der Waals surface area contributed by atoms with E-state index in [0.717, 1.165) is 12.8 Å². The van der Waals surface area contributed by atoms with Gasteiger partial charge < -0.3 is 19.9 Å². The number of amides is 2. The van der Waals surface area contributed by atoms with E-state index in [1.165, 1.54) is 6.07 Å². The van der Waals surface area contributed by atoms with Gasteiger partial charge in [0.2, 0.25) is 5.91 Å². The van der Waals surface area contributed by atoms with E-state index in [4.69, 9.17) is 4.74 Å². The number of nitrogens with zero attached hydrogens (tertiary/aromatic N) is 2. The van der Waals surface area contributed by atoms with Gasteiger partial charge in [-0.3, -0.25) is 14.4 Å². The van der Waals surface area contributed by atoms with Crippen LogP contribution in [0.25, 0.3) is 0 Å². The molecule has 1 aromatic rings. The molecule has 0 aromatic carbocycles. The summed E-state index contributed by atoms with van der Waals surface area (Å²) in [6.45, 7) is 3.48. The third-order valence-electron chi connectivity index (χ3n) is 5.09. The molecular weight excluding hydrogens is 312 g/mol. The fourth-order valence-electron chi connectivity index (χ4n) is 3.80. The maximum Gasteiger partial charge on any atom is 0.272 e. The smallest absolute Gasteiger partial charge is 0.272 e. The molecule has 3 aliphatic rings. The van der Waals surface area contributed by atoms with Crippen LogP contribution in [0.2, 0.25) is 0 Å². The second-order valence-corrected chi connectivity index (χ2v) is 6.79. The molecule has 4 rings (SSSR count). The minimum atomic E-state index is -0.322. The summed E-state index contributed by atoms with van der Waals surface area (Å²) in [6.07, 6.45) is 1.40. The summed E-state index contributed by atoms with van der Waals surface area (Å²) in [5, 5.41) is 3.04. The van der Waals surface area contributed by atoms with Crippen molar-refractivity contribution in [2.24, 2.45) is 11.8 Å². The highest BCUT2D eigenvalue weighted by Crippen LogP contribution is 2.45. The van der Waals surface area contributed by atoms with Gasteiger partial charge in [-0.25, -0.2) is 4.98 Å². The predicted octanol–water partition coefficient (Wildman–Crippen LogP) is -0.556. The number of H-pyrrole nitrogens is 1. The van der Waals surface area contributed by atoms with E-state index >= 15 is 0 Å². The molecule has 0 spiro atoms. The maximum absolute atomic E-state index is 12.5. The largest absolute Gasteiger partial charge is 0.368 e. The molecule has 8 heteroatoms. The number of aromatic amines is 1. The normalized spacial score (nSPS) is 31.0. The molecule has 0 bridgehead atoms. The van der Waals surface area contributed by atoms with Gasteiger partial charge in [-0.2, -0.15) is 0 Å². The number of aromatic nitrogens is 2. The molecule has 1 aromatic heterocycles. The average Bonchev–Trinajstić information content (AvgIpc) is 3.00. The van der Waals surface area contributed by atoms with Crippen molar-refractivity contribution in [3.05, 3.63) is 27.9 Å². The average molecular weight is 332 g/mol. The molecule has 2 saturated heterocycles. The molecule has 2 unspecified atom stereocenters. The maximum atomic E-state index is 12.5. The number of fused-ring (bicyclic) bond motifs is 1. The van der Waals surface area contributed by atoms with Crippen LogP contribution in [0.4, 0.5) is 0 Å². The fourth-order valence-corrected chi connectivity index (χ4v) is 3.80. The molecule has 2 N–H and O–H groups in total. The molecule has 3 fully saturated rings. The Bertz CT molecular complexity index is 728. The van der Waals surface area contributed by atoms with Crippen LogP contribution in [0.5, 0.6) is 0 Å². The lowest BCUT2D eigenvalue weighted by Gasteiger charge is -2.20. The highest BCUT2D eigenvalue weighted by Gasteiger charge is 2.57. The zero-order chi connectivity index (χ0) is 16.8. The van der Waals surface area contributed by atoms with Gasteiger partial charge in [0.15, 0.2) is 0 Å². The van der Waals surface area contributed by atoms with Crippen LogP contribution < -0.4 is 10.9 Å². The standard InChI is InChI=1S/C16H20N4O4/c1-8-17-11(5-13(21)18-8)16(23)20-6-9-10(7-20)14(9)19-15(22)12-3-2-4-24-12/h5,9-10,12,14H,2-4,6-7H2,1H3,(H,19,22)(H,17,18,21)/t9-,10+,12?,14?. The van der Waals surface area contributed by atoms with Gasteiger partial charge in [0.1, 0.15) is 17.6 Å². The molecular formula is C16H20N4O4. The Morgan fingerprint density at radius 3 is 2.75 bits per heavy atom. The lowest BCUT2D eigenvalue weighted by atomic mass is 10.2. The van der Waals surface area contributed by atoms with Crippen LogP contribution in [-0.4, -0.2) is 58.5 Å². The first-order chi connectivity index (χ1) is 11.5. The van der Waals surface area contributed by atoms with Crippen molar-refractivity contribution >= 4 is 11.8 Å². The third kappa shape index (κ3) is 2.71. The van der Waals surface area contributed by atoms with E-state index in [2.05, 4.69) is 15.3 Å². The van der Waals surface area contributed by atoms with Crippen LogP contribution in [0.1, 0.15) is 29.2 Å². The van der Waals surface area contributed by atoms with E-state index < -0.39 is 0 Å². The highest BCUT2D eigenvalue weighted by molar-refractivity contribution is 5.92. The quantitative estimate of drug-likeness (QED) is 0.772. The van der Waals surface area contributed by atoms with Gasteiger partial charge >= 0.3 is 0 Å². The van der Waals surface area contributed by atoms with Crippen LogP contribution in [0.3, 0.4) is 0 Å². The minimum absolute atomic E-state index is 0.0309. The number of hydrogen-bond donors (Lipinski definition) is 2. The van der Waals surface area contributed by atoms with Crippen molar-refractivity contribution in [3.8, 4) is 0 Å². The Kier molecular flexibility index (Phi) is 3.64. The van der Waals surface area contributed by atoms with Crippen molar-refractivity contribution in [2.45, 2.75) is 31.9 Å². The molecule has 0 radical (unpaired) electrons. The fraction of sp³-hybridized carbons (Fsp3) is 0.625. The van der Waals surface area contributed by atoms with Gasteiger partial charge in [-0.1, -0.05) is 0 Å². The second-order valence-electron chi connectivity index (χ2n) is 6.79. The first kappa shape index (κ1) is 15.3. The van der Waals surface area contributed by atoms with E-state index in [-0.39, 0.29) is 35.2 Å². The topological polar surface area (TPSA) is 104 Å². The van der Waals surface area contributed by atoms with Crippen LogP contribution in [0.15, 0.2) is 10.9 Å². The summed E-state index contributed by atoms with van der Waals surface area (Å²) in [5.74, 6) is 0.763. The number of piperidine rings is 1. The number of hydrogen-bond acceptors (Lipinski definition) is 5. The summed E-state index contributed by atoms with van der Waals surface area (Å²) < 4.78 is 5.39. The number of aryl methyl sites for hydroxylation is 1. The SMILES string of the molecule is Cc1nc(C(=O)N2C[C@@H]3C(NC(=O)C4CCCO4)[C@@H]3C2)cc(=O)[nH]1. The molecule has 1 aliphatic carbocycles. The van der Waals surface area contributed by atoms with Gasteiger partial charge in [0.05, 0.1) is 0 Å². The van der Waals surface area contributed by atoms with Crippen molar-refractivity contribution in [2.75, 3.05) is 19.7 Å². The number of ether oxygens (including phenoxy) is 1.